The van der Waals surface area contributed by atoms with Crippen molar-refractivity contribution in [1.29, 1.82) is 0 Å². The summed E-state index contributed by atoms with van der Waals surface area (Å²) in [6, 6.07) is 2.98. The molecule has 1 aromatic heterocycles. The van der Waals surface area contributed by atoms with Gasteiger partial charge < -0.3 is 19.9 Å². The second-order valence-electron chi connectivity index (χ2n) is 4.15. The number of rotatable bonds is 5. The van der Waals surface area contributed by atoms with E-state index in [1.54, 1.807) is 13.2 Å². The molecule has 2 N–H and O–H groups in total. The maximum atomic E-state index is 10.6. The molecule has 0 aromatic carbocycles. The van der Waals surface area contributed by atoms with E-state index in [0.29, 0.717) is 25.6 Å². The molecule has 1 saturated heterocycles. The van der Waals surface area contributed by atoms with Gasteiger partial charge in [-0.05, 0) is 12.1 Å². The summed E-state index contributed by atoms with van der Waals surface area (Å²) in [6.45, 7) is 1.76. The van der Waals surface area contributed by atoms with Gasteiger partial charge in [-0.15, -0.1) is 10.2 Å². The van der Waals surface area contributed by atoms with Crippen molar-refractivity contribution in [2.45, 2.75) is 12.0 Å². The van der Waals surface area contributed by atoms with Crippen molar-refractivity contribution in [3.05, 3.63) is 17.8 Å². The molecule has 1 aromatic rings. The number of ether oxygens (including phenoxy) is 2. The smallest absolute Gasteiger partial charge is 0.356 e. The first-order valence-corrected chi connectivity index (χ1v) is 5.59. The van der Waals surface area contributed by atoms with E-state index in [2.05, 4.69) is 15.5 Å². The molecule has 1 unspecified atom stereocenters. The number of carbonyl (C=O) groups is 1. The predicted molar refractivity (Wildman–Crippen MR) is 62.7 cm³/mol. The Morgan fingerprint density at radius 2 is 2.44 bits per heavy atom. The zero-order valence-electron chi connectivity index (χ0n) is 10.0. The number of nitrogens with zero attached hydrogens (tertiary/aromatic N) is 2. The standard InChI is InChI=1S/C11H15N3O4/c1-17-11(4-5-18-7-11)6-12-9-3-2-8(10(15)16)13-14-9/h2-3H,4-7H2,1H3,(H,12,14)(H,15,16). The van der Waals surface area contributed by atoms with E-state index in [0.717, 1.165) is 6.42 Å². The molecule has 0 saturated carbocycles. The van der Waals surface area contributed by atoms with E-state index in [4.69, 9.17) is 14.6 Å². The fraction of sp³-hybridized carbons (Fsp3) is 0.545. The van der Waals surface area contributed by atoms with Gasteiger partial charge in [-0.3, -0.25) is 0 Å². The predicted octanol–water partition coefficient (Wildman–Crippen LogP) is 0.392. The van der Waals surface area contributed by atoms with Crippen molar-refractivity contribution in [2.75, 3.05) is 32.2 Å². The molecule has 1 fully saturated rings. The maximum absolute atomic E-state index is 10.6. The Morgan fingerprint density at radius 3 is 2.94 bits per heavy atom. The van der Waals surface area contributed by atoms with E-state index >= 15 is 0 Å². The Balaban J connectivity index is 1.95. The number of carboxylic acid groups (broad SMARTS) is 1. The van der Waals surface area contributed by atoms with Gasteiger partial charge in [0.25, 0.3) is 0 Å². The topological polar surface area (TPSA) is 93.6 Å². The van der Waals surface area contributed by atoms with Crippen LogP contribution in [-0.4, -0.2) is 53.7 Å². The van der Waals surface area contributed by atoms with Crippen LogP contribution in [0.4, 0.5) is 5.82 Å². The highest BCUT2D eigenvalue weighted by Crippen LogP contribution is 2.22. The molecule has 0 radical (unpaired) electrons. The van der Waals surface area contributed by atoms with Crippen molar-refractivity contribution >= 4 is 11.8 Å². The van der Waals surface area contributed by atoms with E-state index in [1.165, 1.54) is 6.07 Å². The molecular weight excluding hydrogens is 238 g/mol. The molecule has 0 bridgehead atoms. The van der Waals surface area contributed by atoms with Gasteiger partial charge in [-0.1, -0.05) is 0 Å². The summed E-state index contributed by atoms with van der Waals surface area (Å²) < 4.78 is 10.8. The molecule has 1 aliphatic rings. The third-order valence-corrected chi connectivity index (χ3v) is 2.98. The molecule has 0 aliphatic carbocycles. The van der Waals surface area contributed by atoms with Crippen LogP contribution < -0.4 is 5.32 Å². The average Bonchev–Trinajstić information content (AvgIpc) is 2.86. The summed E-state index contributed by atoms with van der Waals surface area (Å²) in [4.78, 5) is 10.6. The van der Waals surface area contributed by atoms with Gasteiger partial charge in [0.2, 0.25) is 0 Å². The molecule has 0 amide bonds. The average molecular weight is 253 g/mol. The van der Waals surface area contributed by atoms with Crippen LogP contribution in [-0.2, 0) is 9.47 Å². The molecule has 1 atom stereocenters. The molecule has 18 heavy (non-hydrogen) atoms. The minimum atomic E-state index is -1.09. The second-order valence-corrected chi connectivity index (χ2v) is 4.15. The first-order chi connectivity index (χ1) is 8.65. The Hall–Kier alpha value is -1.73. The van der Waals surface area contributed by atoms with Crippen molar-refractivity contribution in [3.63, 3.8) is 0 Å². The van der Waals surface area contributed by atoms with Crippen molar-refractivity contribution in [1.82, 2.24) is 10.2 Å². The number of nitrogens with one attached hydrogen (secondary N) is 1. The molecule has 0 spiro atoms. The molecule has 98 valence electrons. The molecule has 2 rings (SSSR count). The van der Waals surface area contributed by atoms with E-state index in [-0.39, 0.29) is 11.3 Å². The molecular formula is C11H15N3O4. The van der Waals surface area contributed by atoms with Crippen molar-refractivity contribution in [3.8, 4) is 0 Å². The van der Waals surface area contributed by atoms with E-state index in [9.17, 15) is 4.79 Å². The quantitative estimate of drug-likeness (QED) is 0.784. The van der Waals surface area contributed by atoms with Crippen LogP contribution in [0.1, 0.15) is 16.9 Å². The normalized spacial score (nSPS) is 22.9. The van der Waals surface area contributed by atoms with Gasteiger partial charge in [-0.2, -0.15) is 0 Å². The SMILES string of the molecule is COC1(CNc2ccc(C(=O)O)nn2)CCOC1. The van der Waals surface area contributed by atoms with E-state index < -0.39 is 5.97 Å². The van der Waals surface area contributed by atoms with Gasteiger partial charge >= 0.3 is 5.97 Å². The summed E-state index contributed by atoms with van der Waals surface area (Å²) in [5.41, 5.74) is -0.418. The summed E-state index contributed by atoms with van der Waals surface area (Å²) in [5.74, 6) is -0.574. The largest absolute Gasteiger partial charge is 0.476 e. The number of carboxylic acids is 1. The number of hydrogen-bond donors (Lipinski definition) is 2. The maximum Gasteiger partial charge on any atom is 0.356 e. The summed E-state index contributed by atoms with van der Waals surface area (Å²) in [5, 5.41) is 19.1. The Kier molecular flexibility index (Phi) is 3.73. The van der Waals surface area contributed by atoms with Crippen LogP contribution in [0, 0.1) is 0 Å². The first kappa shape index (κ1) is 12.7. The van der Waals surface area contributed by atoms with Crippen LogP contribution in [0.5, 0.6) is 0 Å². The fourth-order valence-electron chi connectivity index (χ4n) is 1.75. The molecule has 7 heteroatoms. The third kappa shape index (κ3) is 2.74. The van der Waals surface area contributed by atoms with Crippen LogP contribution >= 0.6 is 0 Å². The lowest BCUT2D eigenvalue weighted by atomic mass is 10.0. The van der Waals surface area contributed by atoms with Crippen molar-refractivity contribution < 1.29 is 19.4 Å². The van der Waals surface area contributed by atoms with Gasteiger partial charge in [0.15, 0.2) is 5.69 Å². The number of hydrogen-bond acceptors (Lipinski definition) is 6. The summed E-state index contributed by atoms with van der Waals surface area (Å²) >= 11 is 0. The van der Waals surface area contributed by atoms with Gasteiger partial charge in [0.1, 0.15) is 11.4 Å². The number of methoxy groups -OCH3 is 1. The zero-order valence-corrected chi connectivity index (χ0v) is 10.0. The molecule has 1 aliphatic heterocycles. The molecule has 7 nitrogen and oxygen atoms in total. The first-order valence-electron chi connectivity index (χ1n) is 5.59. The lowest BCUT2D eigenvalue weighted by Gasteiger charge is -2.25. The lowest BCUT2D eigenvalue weighted by Crippen LogP contribution is -2.39. The number of aromatic nitrogens is 2. The minimum Gasteiger partial charge on any atom is -0.476 e. The van der Waals surface area contributed by atoms with Crippen molar-refractivity contribution in [2.24, 2.45) is 0 Å². The monoisotopic (exact) mass is 253 g/mol. The van der Waals surface area contributed by atoms with Crippen LogP contribution in [0.2, 0.25) is 0 Å². The summed E-state index contributed by atoms with van der Waals surface area (Å²) in [7, 11) is 1.65. The second kappa shape index (κ2) is 5.28. The van der Waals surface area contributed by atoms with Crippen LogP contribution in [0.25, 0.3) is 0 Å². The Labute approximate surface area is 104 Å². The van der Waals surface area contributed by atoms with E-state index in [1.807, 2.05) is 0 Å². The number of anilines is 1. The fourth-order valence-corrected chi connectivity index (χ4v) is 1.75. The lowest BCUT2D eigenvalue weighted by molar-refractivity contribution is -0.00626. The minimum absolute atomic E-state index is 0.0776. The Morgan fingerprint density at radius 1 is 1.61 bits per heavy atom. The molecule has 2 heterocycles. The van der Waals surface area contributed by atoms with Gasteiger partial charge in [0.05, 0.1) is 6.61 Å². The number of aromatic carboxylic acids is 1. The highest BCUT2D eigenvalue weighted by molar-refractivity contribution is 5.85. The third-order valence-electron chi connectivity index (χ3n) is 2.98. The summed E-state index contributed by atoms with van der Waals surface area (Å²) in [6.07, 6.45) is 0.817. The highest BCUT2D eigenvalue weighted by atomic mass is 16.5. The van der Waals surface area contributed by atoms with Gasteiger partial charge in [-0.25, -0.2) is 4.79 Å². The van der Waals surface area contributed by atoms with Crippen LogP contribution in [0.3, 0.4) is 0 Å². The zero-order chi connectivity index (χ0) is 13.0. The van der Waals surface area contributed by atoms with Crippen LogP contribution in [0.15, 0.2) is 12.1 Å². The highest BCUT2D eigenvalue weighted by Gasteiger charge is 2.34. The Bertz CT molecular complexity index is 415. The van der Waals surface area contributed by atoms with Gasteiger partial charge in [0, 0.05) is 26.7 Å².